The van der Waals surface area contributed by atoms with Gasteiger partial charge in [-0.2, -0.15) is 0 Å². The Hall–Kier alpha value is -0.380. The second-order valence-corrected chi connectivity index (χ2v) is 4.72. The minimum Gasteiger partial charge on any atom is -0.341 e. The lowest BCUT2D eigenvalue weighted by molar-refractivity contribution is 0.240. The summed E-state index contributed by atoms with van der Waals surface area (Å²) < 4.78 is 10.3. The molecule has 66 valence electrons. The lowest BCUT2D eigenvalue weighted by Gasteiger charge is -2.20. The van der Waals surface area contributed by atoms with E-state index in [4.69, 9.17) is 9.79 Å². The average Bonchev–Trinajstić information content (AvgIpc) is 1.56. The quantitative estimate of drug-likeness (QED) is 0.519. The highest BCUT2D eigenvalue weighted by Gasteiger charge is 2.28. The fourth-order valence-electron chi connectivity index (χ4n) is 0.394. The minimum absolute atomic E-state index is 0.613. The third-order valence-electron chi connectivity index (χ3n) is 0.746. The van der Waals surface area contributed by atoms with Crippen LogP contribution >= 0.6 is 7.60 Å². The molecule has 0 radical (unpaired) electrons. The molecule has 0 unspecified atom stereocenters. The van der Waals surface area contributed by atoms with Crippen molar-refractivity contribution in [3.63, 3.8) is 0 Å². The topological polar surface area (TPSA) is 86.6 Å². The van der Waals surface area contributed by atoms with Gasteiger partial charge in [0.15, 0.2) is 0 Å². The third kappa shape index (κ3) is 4.95. The van der Waals surface area contributed by atoms with Gasteiger partial charge in [-0.3, -0.25) is 4.79 Å². The van der Waals surface area contributed by atoms with Crippen molar-refractivity contribution < 1.29 is 19.1 Å². The highest BCUT2D eigenvalue weighted by molar-refractivity contribution is 7.69. The molecular weight excluding hydrogens is 169 g/mol. The van der Waals surface area contributed by atoms with E-state index in [-0.39, 0.29) is 0 Å². The summed E-state index contributed by atoms with van der Waals surface area (Å²) in [4.78, 5) is 27.3. The Morgan fingerprint density at radius 1 is 1.36 bits per heavy atom. The highest BCUT2D eigenvalue weighted by Crippen LogP contribution is 2.35. The molecule has 0 atom stereocenters. The van der Waals surface area contributed by atoms with Crippen LogP contribution in [0.1, 0.15) is 20.8 Å². The second kappa shape index (κ2) is 2.93. The molecule has 0 aliphatic rings. The molecule has 3 N–H and O–H groups in total. The van der Waals surface area contributed by atoms with Crippen LogP contribution in [0.5, 0.6) is 0 Å². The molecule has 0 aromatic carbocycles. The Kier molecular flexibility index (Phi) is 2.83. The number of hydrogen-bond acceptors (Lipinski definition) is 2. The first-order valence-corrected chi connectivity index (χ1v) is 4.62. The van der Waals surface area contributed by atoms with Gasteiger partial charge in [-0.1, -0.05) is 0 Å². The van der Waals surface area contributed by atoms with Gasteiger partial charge in [-0.15, -0.1) is 0 Å². The number of hydrogen-bond donors (Lipinski definition) is 3. The summed E-state index contributed by atoms with van der Waals surface area (Å²) in [5.41, 5.74) is -1.84. The molecule has 0 spiro atoms. The molecule has 0 heterocycles. The maximum atomic E-state index is 10.6. The van der Waals surface area contributed by atoms with Gasteiger partial charge < -0.3 is 15.1 Å². The predicted molar refractivity (Wildman–Crippen MR) is 40.3 cm³/mol. The maximum Gasteiger partial charge on any atom is 0.413 e. The molecule has 0 saturated heterocycles. The van der Waals surface area contributed by atoms with Crippen molar-refractivity contribution in [2.75, 3.05) is 0 Å². The van der Waals surface area contributed by atoms with Crippen molar-refractivity contribution in [2.24, 2.45) is 0 Å². The second-order valence-electron chi connectivity index (χ2n) is 3.22. The molecule has 0 bridgehead atoms. The van der Waals surface area contributed by atoms with Crippen LogP contribution in [0.15, 0.2) is 0 Å². The van der Waals surface area contributed by atoms with Gasteiger partial charge in [-0.05, 0) is 20.8 Å². The van der Waals surface area contributed by atoms with Crippen LogP contribution in [0, 0.1) is 0 Å². The molecule has 1 amide bonds. The highest BCUT2D eigenvalue weighted by atomic mass is 31.2. The molecule has 0 saturated carbocycles. The van der Waals surface area contributed by atoms with Crippen molar-refractivity contribution in [2.45, 2.75) is 26.3 Å². The zero-order valence-electron chi connectivity index (χ0n) is 6.66. The van der Waals surface area contributed by atoms with Crippen LogP contribution in [0.25, 0.3) is 0 Å². The fourth-order valence-corrected chi connectivity index (χ4v) is 0.875. The van der Waals surface area contributed by atoms with Crippen molar-refractivity contribution >= 4 is 13.2 Å². The monoisotopic (exact) mass is 181 g/mol. The van der Waals surface area contributed by atoms with E-state index in [2.05, 4.69) is 5.32 Å². The molecule has 0 fully saturated rings. The van der Waals surface area contributed by atoms with Gasteiger partial charge in [-0.25, -0.2) is 4.57 Å². The average molecular weight is 181 g/mol. The standard InChI is InChI=1S/C5H12NO4P/c1-5(2,3)6-4(7)11(8,9)10/h1-3H3,(H,6,7)(H2,8,9,10). The van der Waals surface area contributed by atoms with Crippen molar-refractivity contribution in [3.05, 3.63) is 0 Å². The van der Waals surface area contributed by atoms with Crippen LogP contribution in [0.4, 0.5) is 4.79 Å². The van der Waals surface area contributed by atoms with E-state index in [0.717, 1.165) is 0 Å². The first-order valence-electron chi connectivity index (χ1n) is 3.01. The summed E-state index contributed by atoms with van der Waals surface area (Å²) in [5.74, 6) is 0. The van der Waals surface area contributed by atoms with Gasteiger partial charge in [0.25, 0.3) is 0 Å². The third-order valence-corrected chi connectivity index (χ3v) is 1.39. The number of nitrogens with one attached hydrogen (secondary N) is 1. The summed E-state index contributed by atoms with van der Waals surface area (Å²) >= 11 is 0. The molecule has 0 aliphatic heterocycles. The summed E-state index contributed by atoms with van der Waals surface area (Å²) in [5, 5.41) is 2.16. The molecule has 6 heteroatoms. The number of carbonyl (C=O) groups excluding carboxylic acids is 1. The van der Waals surface area contributed by atoms with Crippen LogP contribution in [0.3, 0.4) is 0 Å². The van der Waals surface area contributed by atoms with Gasteiger partial charge >= 0.3 is 13.2 Å². The van der Waals surface area contributed by atoms with Gasteiger partial charge in [0.2, 0.25) is 0 Å². The fraction of sp³-hybridized carbons (Fsp3) is 0.800. The Morgan fingerprint density at radius 3 is 1.82 bits per heavy atom. The summed E-state index contributed by atoms with van der Waals surface area (Å²) in [6.45, 7) is 4.92. The summed E-state index contributed by atoms with van der Waals surface area (Å²) in [6, 6.07) is 0. The van der Waals surface area contributed by atoms with Crippen molar-refractivity contribution in [1.82, 2.24) is 5.32 Å². The Balaban J connectivity index is 4.23. The van der Waals surface area contributed by atoms with Crippen LogP contribution in [-0.2, 0) is 4.57 Å². The first-order chi connectivity index (χ1) is 4.63. The van der Waals surface area contributed by atoms with Crippen molar-refractivity contribution in [1.29, 1.82) is 0 Å². The zero-order valence-corrected chi connectivity index (χ0v) is 7.55. The van der Waals surface area contributed by atoms with Crippen LogP contribution in [-0.4, -0.2) is 21.0 Å². The van der Waals surface area contributed by atoms with Gasteiger partial charge in [0, 0.05) is 5.54 Å². The maximum absolute atomic E-state index is 10.6. The lowest BCUT2D eigenvalue weighted by Crippen LogP contribution is -2.39. The molecule has 0 aliphatic carbocycles. The first kappa shape index (κ1) is 10.6. The lowest BCUT2D eigenvalue weighted by atomic mass is 10.1. The van der Waals surface area contributed by atoms with E-state index in [9.17, 15) is 9.36 Å². The van der Waals surface area contributed by atoms with E-state index in [1.165, 1.54) is 0 Å². The number of rotatable bonds is 1. The molecule has 0 rings (SSSR count). The van der Waals surface area contributed by atoms with E-state index in [0.29, 0.717) is 0 Å². The normalized spacial score (nSPS) is 12.8. The molecule has 11 heavy (non-hydrogen) atoms. The zero-order chi connectivity index (χ0) is 9.28. The van der Waals surface area contributed by atoms with E-state index in [1.54, 1.807) is 20.8 Å². The Morgan fingerprint density at radius 2 is 1.73 bits per heavy atom. The minimum atomic E-state index is -4.60. The summed E-state index contributed by atoms with van der Waals surface area (Å²) in [6.07, 6.45) is 0. The van der Waals surface area contributed by atoms with E-state index in [1.807, 2.05) is 0 Å². The largest absolute Gasteiger partial charge is 0.413 e. The Labute approximate surface area is 65.0 Å². The number of amides is 1. The summed E-state index contributed by atoms with van der Waals surface area (Å²) in [7, 11) is -4.60. The predicted octanol–water partition coefficient (Wildman–Crippen LogP) is 0.672. The van der Waals surface area contributed by atoms with Crippen LogP contribution in [0.2, 0.25) is 0 Å². The van der Waals surface area contributed by atoms with Crippen molar-refractivity contribution in [3.8, 4) is 0 Å². The van der Waals surface area contributed by atoms with Gasteiger partial charge in [0.1, 0.15) is 0 Å². The molecule has 0 aromatic heterocycles. The number of carbonyl (C=O) groups is 1. The van der Waals surface area contributed by atoms with Gasteiger partial charge in [0.05, 0.1) is 0 Å². The van der Waals surface area contributed by atoms with Crippen LogP contribution < -0.4 is 5.32 Å². The van der Waals surface area contributed by atoms with E-state index >= 15 is 0 Å². The molecule has 0 aromatic rings. The SMILES string of the molecule is CC(C)(C)NC(=O)P(=O)(O)O. The smallest absolute Gasteiger partial charge is 0.341 e. The molecular formula is C5H12NO4P. The Bertz CT molecular complexity index is 201. The molecule has 5 nitrogen and oxygen atoms in total. The van der Waals surface area contributed by atoms with E-state index < -0.39 is 18.8 Å².